The minimum absolute atomic E-state index is 0.00287. The number of carbonyl (C=O) groups excluding carboxylic acids is 2. The first-order valence-corrected chi connectivity index (χ1v) is 4.51. The van der Waals surface area contributed by atoms with Crippen molar-refractivity contribution in [1.82, 2.24) is 15.4 Å². The number of nitrogens with one attached hydrogen (secondary N) is 1. The number of rotatable bonds is 0. The summed E-state index contributed by atoms with van der Waals surface area (Å²) in [7, 11) is 0. The lowest BCUT2D eigenvalue weighted by Gasteiger charge is -2.11. The predicted octanol–water partition coefficient (Wildman–Crippen LogP) is 0.286. The van der Waals surface area contributed by atoms with Gasteiger partial charge in [0.1, 0.15) is 5.75 Å². The van der Waals surface area contributed by atoms with Crippen molar-refractivity contribution in [3.63, 3.8) is 0 Å². The smallest absolute Gasteiger partial charge is 0.216 e. The molecule has 0 radical (unpaired) electrons. The van der Waals surface area contributed by atoms with E-state index < -0.39 is 5.78 Å². The molecule has 3 rings (SSSR count). The number of hydrogen-bond acceptors (Lipinski definition) is 5. The van der Waals surface area contributed by atoms with E-state index in [1.165, 1.54) is 18.2 Å². The Balaban J connectivity index is 2.34. The van der Waals surface area contributed by atoms with Gasteiger partial charge in [-0.3, -0.25) is 9.59 Å². The average Bonchev–Trinajstić information content (AvgIpc) is 2.75. The van der Waals surface area contributed by atoms with Crippen LogP contribution in [0.4, 0.5) is 0 Å². The molecule has 16 heavy (non-hydrogen) atoms. The van der Waals surface area contributed by atoms with Crippen LogP contribution in [-0.4, -0.2) is 32.1 Å². The van der Waals surface area contributed by atoms with Crippen LogP contribution in [0.5, 0.6) is 5.75 Å². The average molecular weight is 215 g/mol. The molecule has 0 aliphatic heterocycles. The molecule has 1 aliphatic rings. The molecule has 0 fully saturated rings. The highest BCUT2D eigenvalue weighted by Crippen LogP contribution is 2.26. The Morgan fingerprint density at radius 3 is 2.31 bits per heavy atom. The van der Waals surface area contributed by atoms with Gasteiger partial charge in [0.25, 0.3) is 0 Å². The number of phenolic OH excluding ortho intramolecular Hbond substituents is 1. The first-order chi connectivity index (χ1) is 7.68. The van der Waals surface area contributed by atoms with E-state index in [0.29, 0.717) is 0 Å². The standard InChI is InChI=1S/C10H5N3O3/c14-4-1-2-5-6(3-4)10(16)8-7(9(5)15)11-13-12-8/h1-3,14H,(H,11,12,13). The highest BCUT2D eigenvalue weighted by molar-refractivity contribution is 6.26. The van der Waals surface area contributed by atoms with E-state index >= 15 is 0 Å². The maximum Gasteiger partial charge on any atom is 0.216 e. The first-order valence-electron chi connectivity index (χ1n) is 4.51. The van der Waals surface area contributed by atoms with Crippen molar-refractivity contribution in [3.05, 3.63) is 40.7 Å². The lowest BCUT2D eigenvalue weighted by Crippen LogP contribution is -2.20. The van der Waals surface area contributed by atoms with Crippen LogP contribution < -0.4 is 0 Å². The first kappa shape index (κ1) is 8.78. The molecule has 2 aromatic rings. The number of carbonyl (C=O) groups is 2. The van der Waals surface area contributed by atoms with E-state index in [1.54, 1.807) is 0 Å². The molecule has 0 saturated heterocycles. The van der Waals surface area contributed by atoms with Crippen LogP contribution in [0.1, 0.15) is 32.1 Å². The number of ketones is 2. The van der Waals surface area contributed by atoms with Gasteiger partial charge in [0.15, 0.2) is 11.4 Å². The molecule has 0 saturated carbocycles. The summed E-state index contributed by atoms with van der Waals surface area (Å²) < 4.78 is 0. The highest BCUT2D eigenvalue weighted by Gasteiger charge is 2.33. The number of benzene rings is 1. The van der Waals surface area contributed by atoms with E-state index in [2.05, 4.69) is 15.4 Å². The van der Waals surface area contributed by atoms with Gasteiger partial charge in [-0.2, -0.15) is 15.4 Å². The van der Waals surface area contributed by atoms with Crippen LogP contribution in [0.2, 0.25) is 0 Å². The van der Waals surface area contributed by atoms with Crippen molar-refractivity contribution >= 4 is 11.6 Å². The number of aromatic hydroxyl groups is 1. The minimum atomic E-state index is -0.408. The van der Waals surface area contributed by atoms with Crippen LogP contribution in [0.15, 0.2) is 18.2 Å². The second kappa shape index (κ2) is 2.75. The summed E-state index contributed by atoms with van der Waals surface area (Å²) in [6.07, 6.45) is 0. The molecule has 1 aromatic heterocycles. The zero-order chi connectivity index (χ0) is 11.3. The topological polar surface area (TPSA) is 95.9 Å². The molecule has 0 amide bonds. The fraction of sp³-hybridized carbons (Fsp3) is 0. The summed E-state index contributed by atoms with van der Waals surface area (Å²) in [5.74, 6) is -0.834. The number of hydrogen-bond donors (Lipinski definition) is 2. The molecule has 0 atom stereocenters. The molecule has 1 aliphatic carbocycles. The maximum absolute atomic E-state index is 11.9. The molecular weight excluding hydrogens is 210 g/mol. The van der Waals surface area contributed by atoms with Crippen LogP contribution in [0.25, 0.3) is 0 Å². The normalized spacial score (nSPS) is 13.5. The van der Waals surface area contributed by atoms with Gasteiger partial charge in [0.2, 0.25) is 11.6 Å². The van der Waals surface area contributed by atoms with E-state index in [9.17, 15) is 14.7 Å². The number of H-pyrrole nitrogens is 1. The molecule has 6 heteroatoms. The van der Waals surface area contributed by atoms with E-state index in [1.807, 2.05) is 0 Å². The molecule has 1 aromatic carbocycles. The van der Waals surface area contributed by atoms with Crippen molar-refractivity contribution in [2.24, 2.45) is 0 Å². The van der Waals surface area contributed by atoms with Crippen molar-refractivity contribution in [2.75, 3.05) is 0 Å². The van der Waals surface area contributed by atoms with Crippen LogP contribution in [0.3, 0.4) is 0 Å². The Bertz CT molecular complexity index is 630. The third-order valence-corrected chi connectivity index (χ3v) is 2.47. The number of nitrogens with zero attached hydrogens (tertiary/aromatic N) is 2. The van der Waals surface area contributed by atoms with Gasteiger partial charge in [0, 0.05) is 11.1 Å². The van der Waals surface area contributed by atoms with Gasteiger partial charge in [-0.1, -0.05) is 0 Å². The van der Waals surface area contributed by atoms with Gasteiger partial charge in [-0.25, -0.2) is 0 Å². The fourth-order valence-electron chi connectivity index (χ4n) is 1.72. The Hall–Kier alpha value is -2.50. The van der Waals surface area contributed by atoms with Crippen LogP contribution in [0, 0.1) is 0 Å². The summed E-state index contributed by atoms with van der Waals surface area (Å²) in [4.78, 5) is 23.8. The summed E-state index contributed by atoms with van der Waals surface area (Å²) in [6, 6.07) is 4.02. The number of phenols is 1. The Morgan fingerprint density at radius 2 is 1.62 bits per heavy atom. The molecule has 2 N–H and O–H groups in total. The highest BCUT2D eigenvalue weighted by atomic mass is 16.3. The largest absolute Gasteiger partial charge is 0.508 e. The molecule has 0 spiro atoms. The molecule has 0 unspecified atom stereocenters. The second-order valence-electron chi connectivity index (χ2n) is 3.41. The fourth-order valence-corrected chi connectivity index (χ4v) is 1.72. The Kier molecular flexibility index (Phi) is 1.51. The second-order valence-corrected chi connectivity index (χ2v) is 3.41. The van der Waals surface area contributed by atoms with Gasteiger partial charge < -0.3 is 5.11 Å². The SMILES string of the molecule is O=C1c2ccc(O)cc2C(=O)c2n[nH]nc21. The van der Waals surface area contributed by atoms with Crippen molar-refractivity contribution in [1.29, 1.82) is 0 Å². The van der Waals surface area contributed by atoms with Crippen LogP contribution >= 0.6 is 0 Å². The van der Waals surface area contributed by atoms with Gasteiger partial charge in [-0.15, -0.1) is 0 Å². The molecule has 1 heterocycles. The van der Waals surface area contributed by atoms with Crippen molar-refractivity contribution in [3.8, 4) is 5.75 Å². The molecule has 78 valence electrons. The summed E-state index contributed by atoms with van der Waals surface area (Å²) in [5, 5.41) is 18.8. The minimum Gasteiger partial charge on any atom is -0.508 e. The molecule has 0 bridgehead atoms. The zero-order valence-corrected chi connectivity index (χ0v) is 7.89. The van der Waals surface area contributed by atoms with Gasteiger partial charge in [-0.05, 0) is 18.2 Å². The van der Waals surface area contributed by atoms with Crippen molar-refractivity contribution < 1.29 is 14.7 Å². The number of aromatic amines is 1. The van der Waals surface area contributed by atoms with Gasteiger partial charge in [0.05, 0.1) is 0 Å². The summed E-state index contributed by atoms with van der Waals surface area (Å²) in [5.41, 5.74) is 0.432. The van der Waals surface area contributed by atoms with E-state index in [-0.39, 0.29) is 34.0 Å². The quantitative estimate of drug-likeness (QED) is 0.561. The zero-order valence-electron chi connectivity index (χ0n) is 7.89. The third kappa shape index (κ3) is 0.952. The molecular formula is C10H5N3O3. The predicted molar refractivity (Wildman–Crippen MR) is 51.4 cm³/mol. The molecule has 6 nitrogen and oxygen atoms in total. The third-order valence-electron chi connectivity index (χ3n) is 2.47. The number of fused-ring (bicyclic) bond motifs is 2. The Labute approximate surface area is 88.9 Å². The summed E-state index contributed by atoms with van der Waals surface area (Å²) in [6.45, 7) is 0. The van der Waals surface area contributed by atoms with E-state index in [0.717, 1.165) is 0 Å². The van der Waals surface area contributed by atoms with Crippen molar-refractivity contribution in [2.45, 2.75) is 0 Å². The monoisotopic (exact) mass is 215 g/mol. The summed E-state index contributed by atoms with van der Waals surface area (Å²) >= 11 is 0. The Morgan fingerprint density at radius 1 is 1.00 bits per heavy atom. The lowest BCUT2D eigenvalue weighted by atomic mass is 9.90. The van der Waals surface area contributed by atoms with Gasteiger partial charge >= 0.3 is 0 Å². The van der Waals surface area contributed by atoms with Crippen LogP contribution in [-0.2, 0) is 0 Å². The lowest BCUT2D eigenvalue weighted by molar-refractivity contribution is 0.0974. The number of aromatic nitrogens is 3. The van der Waals surface area contributed by atoms with E-state index in [4.69, 9.17) is 0 Å². The maximum atomic E-state index is 11.9.